The summed E-state index contributed by atoms with van der Waals surface area (Å²) in [4.78, 5) is 0. The molecule has 1 nitrogen and oxygen atoms in total. The zero-order valence-electron chi connectivity index (χ0n) is 3.65. The quantitative estimate of drug-likeness (QED) is 0.454. The van der Waals surface area contributed by atoms with Crippen LogP contribution in [0.4, 0.5) is 0 Å². The van der Waals surface area contributed by atoms with Crippen molar-refractivity contribution >= 4 is 16.5 Å². The molecule has 0 aromatic heterocycles. The van der Waals surface area contributed by atoms with Crippen LogP contribution < -0.4 is 4.30 Å². The van der Waals surface area contributed by atoms with Crippen LogP contribution in [0.1, 0.15) is 15.3 Å². The van der Waals surface area contributed by atoms with E-state index in [9.17, 15) is 0 Å². The highest BCUT2D eigenvalue weighted by Gasteiger charge is 1.76. The lowest BCUT2D eigenvalue weighted by Crippen LogP contribution is -2.17. The first-order chi connectivity index (χ1) is 2.27. The molecule has 5 heavy (non-hydrogen) atoms. The second-order valence-electron chi connectivity index (χ2n) is 1.32. The molecule has 30 valence electrons. The first-order valence-electron chi connectivity index (χ1n) is 1.73. The third-order valence-corrected chi connectivity index (χ3v) is 1.00. The van der Waals surface area contributed by atoms with Gasteiger partial charge in [-0.3, -0.25) is 0 Å². The Bertz CT molecular complexity index is 24.8. The van der Waals surface area contributed by atoms with Crippen LogP contribution in [0.25, 0.3) is 0 Å². The second kappa shape index (κ2) is 2.72. The summed E-state index contributed by atoms with van der Waals surface area (Å²) in [6, 6.07) is 0.597. The van der Waals surface area contributed by atoms with E-state index in [1.165, 1.54) is 0 Å². The zero-order valence-corrected chi connectivity index (χ0v) is 4.81. The van der Waals surface area contributed by atoms with Gasteiger partial charge >= 0.3 is 0 Å². The summed E-state index contributed by atoms with van der Waals surface area (Å²) < 4.78 is 2.94. The van der Waals surface area contributed by atoms with Crippen molar-refractivity contribution in [2.45, 2.75) is 19.9 Å². The van der Waals surface area contributed by atoms with Crippen LogP contribution in [0.15, 0.2) is 0 Å². The van der Waals surface area contributed by atoms with Crippen LogP contribution in [0.2, 0.25) is 0 Å². The molecule has 2 radical (unpaired) electrons. The Labute approximate surface area is 42.9 Å². The lowest BCUT2D eigenvalue weighted by Gasteiger charge is -1.97. The van der Waals surface area contributed by atoms with Crippen LogP contribution >= 0.6 is 0 Å². The summed E-state index contributed by atoms with van der Waals surface area (Å²) >= 11 is 2.44. The normalized spacial score (nSPS) is 9.40. The summed E-state index contributed by atoms with van der Waals surface area (Å²) in [6.45, 7) is 4.18. The minimum Gasteiger partial charge on any atom is -0.413 e. The SMILES string of the molecule is CC(C)[NH][Al].[HH]. The minimum atomic E-state index is 0. The number of hydrogen-bond acceptors (Lipinski definition) is 1. The number of nitrogens with one attached hydrogen (secondary N) is 1. The maximum absolute atomic E-state index is 2.94. The molecule has 0 aliphatic carbocycles. The molecule has 0 spiro atoms. The molecule has 0 amide bonds. The van der Waals surface area contributed by atoms with Crippen LogP contribution in [-0.4, -0.2) is 22.6 Å². The van der Waals surface area contributed by atoms with Gasteiger partial charge in [0.1, 0.15) is 0 Å². The lowest BCUT2D eigenvalue weighted by atomic mass is 10.4. The van der Waals surface area contributed by atoms with Gasteiger partial charge in [0.2, 0.25) is 0 Å². The molecule has 0 heterocycles. The van der Waals surface area contributed by atoms with E-state index in [0.29, 0.717) is 6.04 Å². The predicted molar refractivity (Wildman–Crippen MR) is 26.1 cm³/mol. The van der Waals surface area contributed by atoms with Crippen molar-refractivity contribution in [1.29, 1.82) is 0 Å². The molecule has 0 rings (SSSR count). The molecule has 0 unspecified atom stereocenters. The van der Waals surface area contributed by atoms with Gasteiger partial charge < -0.3 is 4.30 Å². The molecular formula is C3H10AlN. The average molecular weight is 87.1 g/mol. The molecule has 0 saturated carbocycles. The van der Waals surface area contributed by atoms with Gasteiger partial charge in [0.05, 0.1) is 0 Å². The van der Waals surface area contributed by atoms with Crippen molar-refractivity contribution in [3.8, 4) is 0 Å². The molecule has 0 aliphatic rings. The Morgan fingerprint density at radius 3 is 2.00 bits per heavy atom. The van der Waals surface area contributed by atoms with Crippen LogP contribution in [0, 0.1) is 0 Å². The van der Waals surface area contributed by atoms with Gasteiger partial charge in [0.25, 0.3) is 16.5 Å². The van der Waals surface area contributed by atoms with Gasteiger partial charge in [-0.15, -0.1) is 0 Å². The molecule has 0 saturated heterocycles. The van der Waals surface area contributed by atoms with Crippen molar-refractivity contribution in [3.05, 3.63) is 0 Å². The van der Waals surface area contributed by atoms with Gasteiger partial charge in [-0.05, 0) is 6.04 Å². The molecule has 0 atom stereocenters. The van der Waals surface area contributed by atoms with Crippen LogP contribution in [0.5, 0.6) is 0 Å². The molecule has 1 N–H and O–H groups in total. The number of hydrogen-bond donors (Lipinski definition) is 1. The summed E-state index contributed by atoms with van der Waals surface area (Å²) in [5.74, 6) is 0. The van der Waals surface area contributed by atoms with Crippen molar-refractivity contribution in [1.82, 2.24) is 4.30 Å². The summed E-state index contributed by atoms with van der Waals surface area (Å²) in [5, 5.41) is 0. The first-order valence-corrected chi connectivity index (χ1v) is 2.31. The van der Waals surface area contributed by atoms with Crippen molar-refractivity contribution in [2.24, 2.45) is 0 Å². The summed E-state index contributed by atoms with van der Waals surface area (Å²) in [5.41, 5.74) is 0. The largest absolute Gasteiger partial charge is 0.413 e. The van der Waals surface area contributed by atoms with Crippen molar-refractivity contribution in [2.75, 3.05) is 0 Å². The van der Waals surface area contributed by atoms with E-state index in [1.54, 1.807) is 0 Å². The molecule has 0 aromatic rings. The predicted octanol–water partition coefficient (Wildman–Crippen LogP) is 0.314. The Hall–Kier alpha value is 0.492. The van der Waals surface area contributed by atoms with E-state index in [0.717, 1.165) is 0 Å². The maximum atomic E-state index is 2.94. The third-order valence-electron chi connectivity index (χ3n) is 0.333. The fraction of sp³-hybridized carbons (Fsp3) is 1.00. The summed E-state index contributed by atoms with van der Waals surface area (Å²) in [6.07, 6.45) is 0. The molecule has 0 aromatic carbocycles. The van der Waals surface area contributed by atoms with Crippen molar-refractivity contribution < 1.29 is 1.43 Å². The maximum Gasteiger partial charge on any atom is 0.251 e. The zero-order chi connectivity index (χ0) is 4.28. The molecule has 0 aliphatic heterocycles. The van der Waals surface area contributed by atoms with Gasteiger partial charge in [0, 0.05) is 1.43 Å². The monoisotopic (exact) mass is 87.1 g/mol. The van der Waals surface area contributed by atoms with Gasteiger partial charge in [0.15, 0.2) is 0 Å². The highest BCUT2D eigenvalue weighted by Crippen LogP contribution is 1.66. The van der Waals surface area contributed by atoms with E-state index in [2.05, 4.69) is 34.7 Å². The smallest absolute Gasteiger partial charge is 0.251 e. The number of rotatable bonds is 1. The van der Waals surface area contributed by atoms with E-state index < -0.39 is 0 Å². The topological polar surface area (TPSA) is 12.0 Å². The second-order valence-corrected chi connectivity index (χ2v) is 1.65. The van der Waals surface area contributed by atoms with Gasteiger partial charge in [-0.1, -0.05) is 13.8 Å². The molecule has 0 bridgehead atoms. The fourth-order valence-electron chi connectivity index (χ4n) is 0. The lowest BCUT2D eigenvalue weighted by molar-refractivity contribution is 0.761. The van der Waals surface area contributed by atoms with E-state index in [4.69, 9.17) is 0 Å². The van der Waals surface area contributed by atoms with E-state index >= 15 is 0 Å². The van der Waals surface area contributed by atoms with Gasteiger partial charge in [-0.2, -0.15) is 0 Å². The molecule has 2 heteroatoms. The third kappa shape index (κ3) is 4.49. The molecule has 0 fully saturated rings. The van der Waals surface area contributed by atoms with Crippen LogP contribution in [0.3, 0.4) is 0 Å². The summed E-state index contributed by atoms with van der Waals surface area (Å²) in [7, 11) is 0. The Balaban J connectivity index is 0. The minimum absolute atomic E-state index is 0. The highest BCUT2D eigenvalue weighted by molar-refractivity contribution is 6.04. The average Bonchev–Trinajstić information content (AvgIpc) is 1.38. The standard InChI is InChI=1S/C3H8N.Al.H2/c1-3(2)4;;/h3-4H,1-2H3;;1H/q-1;+1;. The Kier molecular flexibility index (Phi) is 2.98. The van der Waals surface area contributed by atoms with Crippen molar-refractivity contribution in [3.63, 3.8) is 0 Å². The Morgan fingerprint density at radius 2 is 2.00 bits per heavy atom. The molecular weight excluding hydrogens is 77.0 g/mol. The first kappa shape index (κ1) is 5.49. The Morgan fingerprint density at radius 1 is 1.80 bits per heavy atom. The van der Waals surface area contributed by atoms with E-state index in [-0.39, 0.29) is 1.43 Å². The highest BCUT2D eigenvalue weighted by atomic mass is 27.1. The van der Waals surface area contributed by atoms with E-state index in [1.807, 2.05) is 0 Å². The van der Waals surface area contributed by atoms with Gasteiger partial charge in [-0.25, -0.2) is 0 Å². The van der Waals surface area contributed by atoms with Crippen LogP contribution in [-0.2, 0) is 0 Å². The fourth-order valence-corrected chi connectivity index (χ4v) is 0.